The first-order valence-corrected chi connectivity index (χ1v) is 12.6. The minimum absolute atomic E-state index is 0.0266. The Morgan fingerprint density at radius 2 is 1.61 bits per heavy atom. The summed E-state index contributed by atoms with van der Waals surface area (Å²) in [6.07, 6.45) is 1.64. The summed E-state index contributed by atoms with van der Waals surface area (Å²) in [4.78, 5) is 44.2. The molecule has 0 aliphatic heterocycles. The molecule has 1 unspecified atom stereocenters. The Morgan fingerprint density at radius 1 is 1.00 bits per heavy atom. The van der Waals surface area contributed by atoms with Gasteiger partial charge in [-0.1, -0.05) is 58.9 Å². The second kappa shape index (κ2) is 11.0. The summed E-state index contributed by atoms with van der Waals surface area (Å²) in [6.45, 7) is 10.1. The van der Waals surface area contributed by atoms with Crippen molar-refractivity contribution in [2.24, 2.45) is 5.92 Å². The average Bonchev–Trinajstić information content (AvgIpc) is 3.33. The fourth-order valence-electron chi connectivity index (χ4n) is 3.82. The first-order chi connectivity index (χ1) is 16.9. The van der Waals surface area contributed by atoms with E-state index in [1.165, 1.54) is 28.9 Å². The number of nitrogens with one attached hydrogen (secondary N) is 1. The van der Waals surface area contributed by atoms with Crippen molar-refractivity contribution in [1.82, 2.24) is 9.88 Å². The number of methoxy groups -OCH3 is 1. The van der Waals surface area contributed by atoms with Crippen LogP contribution in [0.25, 0.3) is 10.4 Å². The highest BCUT2D eigenvalue weighted by Gasteiger charge is 2.32. The number of ether oxygens (including phenoxy) is 1. The van der Waals surface area contributed by atoms with Gasteiger partial charge in [-0.25, -0.2) is 9.78 Å². The van der Waals surface area contributed by atoms with Crippen molar-refractivity contribution in [2.45, 2.75) is 46.1 Å². The highest BCUT2D eigenvalue weighted by Crippen LogP contribution is 2.29. The number of anilines is 1. The Kier molecular flexibility index (Phi) is 8.30. The second-order valence-electron chi connectivity index (χ2n) is 10.0. The monoisotopic (exact) mass is 507 g/mol. The van der Waals surface area contributed by atoms with Crippen molar-refractivity contribution in [3.8, 4) is 10.4 Å². The Hall–Kier alpha value is -3.52. The lowest BCUT2D eigenvalue weighted by atomic mass is 9.87. The van der Waals surface area contributed by atoms with Crippen LogP contribution in [0.1, 0.15) is 60.3 Å². The quantitative estimate of drug-likeness (QED) is 0.419. The molecule has 1 aromatic heterocycles. The summed E-state index contributed by atoms with van der Waals surface area (Å²) in [5.41, 5.74) is 3.33. The molecule has 0 saturated heterocycles. The molecule has 0 aliphatic rings. The van der Waals surface area contributed by atoms with E-state index in [2.05, 4.69) is 31.1 Å². The molecule has 8 heteroatoms. The van der Waals surface area contributed by atoms with Crippen LogP contribution in [0.4, 0.5) is 5.69 Å². The molecule has 2 aromatic carbocycles. The van der Waals surface area contributed by atoms with Gasteiger partial charge in [0.1, 0.15) is 6.04 Å². The van der Waals surface area contributed by atoms with Gasteiger partial charge in [-0.2, -0.15) is 0 Å². The summed E-state index contributed by atoms with van der Waals surface area (Å²) in [5.74, 6) is -1.08. The van der Waals surface area contributed by atoms with Gasteiger partial charge in [0, 0.05) is 24.5 Å². The number of likely N-dealkylation sites (N-methyl/N-ethyl adjacent to an activating group) is 1. The van der Waals surface area contributed by atoms with Gasteiger partial charge in [0.2, 0.25) is 0 Å². The van der Waals surface area contributed by atoms with Crippen molar-refractivity contribution in [3.05, 3.63) is 70.9 Å². The molecule has 0 saturated carbocycles. The topological polar surface area (TPSA) is 88.6 Å². The summed E-state index contributed by atoms with van der Waals surface area (Å²) in [5, 5.41) is 3.21. The van der Waals surface area contributed by atoms with Gasteiger partial charge in [-0.15, -0.1) is 11.3 Å². The van der Waals surface area contributed by atoms with E-state index in [4.69, 9.17) is 4.74 Å². The van der Waals surface area contributed by atoms with Gasteiger partial charge in [-0.05, 0) is 46.7 Å². The maximum Gasteiger partial charge on any atom is 0.328 e. The van der Waals surface area contributed by atoms with Crippen molar-refractivity contribution in [3.63, 3.8) is 0 Å². The molecular formula is C28H33N3O4S. The minimum Gasteiger partial charge on any atom is -0.467 e. The molecular weight excluding hydrogens is 474 g/mol. The predicted octanol–water partition coefficient (Wildman–Crippen LogP) is 5.63. The van der Waals surface area contributed by atoms with Crippen molar-refractivity contribution < 1.29 is 19.1 Å². The van der Waals surface area contributed by atoms with Crippen LogP contribution in [0.5, 0.6) is 0 Å². The molecule has 1 heterocycles. The Morgan fingerprint density at radius 3 is 2.14 bits per heavy atom. The number of benzene rings is 2. The fraction of sp³-hybridized carbons (Fsp3) is 0.357. The first kappa shape index (κ1) is 27.1. The van der Waals surface area contributed by atoms with Gasteiger partial charge < -0.3 is 15.0 Å². The SMILES string of the molecule is COC(=O)C(C(C)C)N(C)C(=O)c1ncc(-c2ccc(NC(=O)c3ccc(C(C)(C)C)cc3)cc2)s1. The molecule has 1 N–H and O–H groups in total. The summed E-state index contributed by atoms with van der Waals surface area (Å²) in [7, 11) is 2.89. The lowest BCUT2D eigenvalue weighted by Gasteiger charge is -2.28. The fourth-order valence-corrected chi connectivity index (χ4v) is 4.73. The predicted molar refractivity (Wildman–Crippen MR) is 143 cm³/mol. The van der Waals surface area contributed by atoms with Crippen molar-refractivity contribution in [1.29, 1.82) is 0 Å². The molecule has 0 fully saturated rings. The Bertz CT molecular complexity index is 1220. The van der Waals surface area contributed by atoms with Gasteiger partial charge >= 0.3 is 5.97 Å². The van der Waals surface area contributed by atoms with Crippen LogP contribution >= 0.6 is 11.3 Å². The van der Waals surface area contributed by atoms with E-state index in [0.717, 1.165) is 10.4 Å². The Labute approximate surface area is 216 Å². The van der Waals surface area contributed by atoms with E-state index >= 15 is 0 Å². The van der Waals surface area contributed by atoms with E-state index in [0.29, 0.717) is 11.3 Å². The highest BCUT2D eigenvalue weighted by atomic mass is 32.1. The smallest absolute Gasteiger partial charge is 0.328 e. The number of aromatic nitrogens is 1. The largest absolute Gasteiger partial charge is 0.467 e. The normalized spacial score (nSPS) is 12.2. The van der Waals surface area contributed by atoms with Gasteiger partial charge in [0.25, 0.3) is 11.8 Å². The molecule has 0 radical (unpaired) electrons. The number of rotatable bonds is 7. The number of hydrogen-bond donors (Lipinski definition) is 1. The molecule has 3 aromatic rings. The van der Waals surface area contributed by atoms with E-state index in [9.17, 15) is 14.4 Å². The highest BCUT2D eigenvalue weighted by molar-refractivity contribution is 7.16. The molecule has 0 aliphatic carbocycles. The molecule has 2 amide bonds. The number of hydrogen-bond acceptors (Lipinski definition) is 6. The number of carbonyl (C=O) groups excluding carboxylic acids is 3. The third kappa shape index (κ3) is 6.18. The number of thiazole rings is 1. The zero-order valence-corrected chi connectivity index (χ0v) is 22.6. The molecule has 190 valence electrons. The van der Waals surface area contributed by atoms with Gasteiger partial charge in [0.15, 0.2) is 5.01 Å². The lowest BCUT2D eigenvalue weighted by molar-refractivity contribution is -0.147. The Balaban J connectivity index is 1.69. The van der Waals surface area contributed by atoms with Gasteiger partial charge in [0.05, 0.1) is 12.0 Å². The van der Waals surface area contributed by atoms with E-state index in [1.807, 2.05) is 62.4 Å². The van der Waals surface area contributed by atoms with Gasteiger partial charge in [-0.3, -0.25) is 9.59 Å². The van der Waals surface area contributed by atoms with Crippen LogP contribution in [0.2, 0.25) is 0 Å². The molecule has 0 bridgehead atoms. The number of nitrogens with zero attached hydrogens (tertiary/aromatic N) is 2. The van der Waals surface area contributed by atoms with E-state index < -0.39 is 12.0 Å². The third-order valence-corrected chi connectivity index (χ3v) is 6.98. The van der Waals surface area contributed by atoms with Crippen LogP contribution in [-0.4, -0.2) is 47.9 Å². The summed E-state index contributed by atoms with van der Waals surface area (Å²) < 4.78 is 4.86. The summed E-state index contributed by atoms with van der Waals surface area (Å²) in [6, 6.07) is 14.3. The van der Waals surface area contributed by atoms with E-state index in [1.54, 1.807) is 13.2 Å². The van der Waals surface area contributed by atoms with Crippen LogP contribution in [-0.2, 0) is 14.9 Å². The van der Waals surface area contributed by atoms with Crippen LogP contribution in [0.3, 0.4) is 0 Å². The number of esters is 1. The number of carbonyl (C=O) groups is 3. The molecule has 7 nitrogen and oxygen atoms in total. The first-order valence-electron chi connectivity index (χ1n) is 11.8. The zero-order valence-electron chi connectivity index (χ0n) is 21.8. The second-order valence-corrected chi connectivity index (χ2v) is 11.0. The molecule has 3 rings (SSSR count). The molecule has 0 spiro atoms. The maximum absolute atomic E-state index is 13.0. The lowest BCUT2D eigenvalue weighted by Crippen LogP contribution is -2.46. The van der Waals surface area contributed by atoms with E-state index in [-0.39, 0.29) is 28.2 Å². The third-order valence-electron chi connectivity index (χ3n) is 5.94. The maximum atomic E-state index is 13.0. The van der Waals surface area contributed by atoms with Crippen LogP contribution in [0.15, 0.2) is 54.7 Å². The van der Waals surface area contributed by atoms with Crippen LogP contribution in [0, 0.1) is 5.92 Å². The minimum atomic E-state index is -0.692. The molecule has 36 heavy (non-hydrogen) atoms. The van der Waals surface area contributed by atoms with Crippen LogP contribution < -0.4 is 5.32 Å². The number of amides is 2. The average molecular weight is 508 g/mol. The van der Waals surface area contributed by atoms with Crippen molar-refractivity contribution >= 4 is 34.8 Å². The standard InChI is InChI=1S/C28H33N3O4S/c1-17(2)23(27(34)35-7)31(6)26(33)25-29-16-22(36-25)18-10-14-21(15-11-18)30-24(32)19-8-12-20(13-9-19)28(3,4)5/h8-17,23H,1-7H3,(H,30,32). The molecule has 1 atom stereocenters. The van der Waals surface area contributed by atoms with Crippen molar-refractivity contribution in [2.75, 3.05) is 19.5 Å². The zero-order chi connectivity index (χ0) is 26.6. The summed E-state index contributed by atoms with van der Waals surface area (Å²) >= 11 is 1.25.